The maximum atomic E-state index is 12.1. The fourth-order valence-corrected chi connectivity index (χ4v) is 2.00. The lowest BCUT2D eigenvalue weighted by Gasteiger charge is -2.18. The summed E-state index contributed by atoms with van der Waals surface area (Å²) in [5.74, 6) is 0.0799. The molecule has 0 fully saturated rings. The number of Topliss-reactive ketones (excluding diaryl/α,β-unsaturated/α-hetero) is 1. The molecule has 0 bridgehead atoms. The zero-order valence-electron chi connectivity index (χ0n) is 12.4. The number of ketones is 1. The highest BCUT2D eigenvalue weighted by molar-refractivity contribution is 5.99. The van der Waals surface area contributed by atoms with Gasteiger partial charge in [-0.05, 0) is 25.1 Å². The van der Waals surface area contributed by atoms with Gasteiger partial charge in [-0.3, -0.25) is 9.78 Å². The number of benzene rings is 1. The Morgan fingerprint density at radius 1 is 1.13 bits per heavy atom. The Kier molecular flexibility index (Phi) is 4.18. The van der Waals surface area contributed by atoms with Crippen LogP contribution in [0.4, 0.5) is 0 Å². The Bertz CT molecular complexity index is 743. The van der Waals surface area contributed by atoms with Crippen LogP contribution in [-0.4, -0.2) is 41.5 Å². The van der Waals surface area contributed by atoms with E-state index in [1.165, 1.54) is 12.4 Å². The van der Waals surface area contributed by atoms with E-state index >= 15 is 0 Å². The van der Waals surface area contributed by atoms with Crippen LogP contribution in [0.15, 0.2) is 30.6 Å². The normalized spacial score (nSPS) is 12.6. The average molecular weight is 314 g/mol. The number of ether oxygens (including phenoxy) is 3. The second-order valence-electron chi connectivity index (χ2n) is 4.90. The highest BCUT2D eigenvalue weighted by atomic mass is 16.6. The maximum Gasteiger partial charge on any atom is 0.358 e. The van der Waals surface area contributed by atoms with Crippen molar-refractivity contribution in [3.05, 3.63) is 47.5 Å². The third-order valence-electron chi connectivity index (χ3n) is 3.19. The molecule has 1 aliphatic rings. The first-order valence-corrected chi connectivity index (χ1v) is 7.02. The third-order valence-corrected chi connectivity index (χ3v) is 3.19. The van der Waals surface area contributed by atoms with Crippen LogP contribution >= 0.6 is 0 Å². The summed E-state index contributed by atoms with van der Waals surface area (Å²) in [7, 11) is 0. The van der Waals surface area contributed by atoms with Crippen molar-refractivity contribution in [2.75, 3.05) is 19.8 Å². The zero-order valence-corrected chi connectivity index (χ0v) is 12.4. The minimum atomic E-state index is -0.691. The van der Waals surface area contributed by atoms with Gasteiger partial charge < -0.3 is 14.2 Å². The van der Waals surface area contributed by atoms with Crippen LogP contribution < -0.4 is 9.47 Å². The van der Waals surface area contributed by atoms with Gasteiger partial charge in [-0.15, -0.1) is 0 Å². The summed E-state index contributed by atoms with van der Waals surface area (Å²) in [6.45, 7) is 2.29. The van der Waals surface area contributed by atoms with E-state index in [4.69, 9.17) is 14.2 Å². The molecule has 2 aromatic rings. The van der Waals surface area contributed by atoms with Gasteiger partial charge in [-0.25, -0.2) is 9.78 Å². The molecule has 0 saturated carbocycles. The molecule has 0 amide bonds. The molecule has 0 saturated heterocycles. The highest BCUT2D eigenvalue weighted by Crippen LogP contribution is 2.30. The highest BCUT2D eigenvalue weighted by Gasteiger charge is 2.17. The second-order valence-corrected chi connectivity index (χ2v) is 4.90. The predicted molar refractivity (Wildman–Crippen MR) is 78.8 cm³/mol. The Hall–Kier alpha value is -2.96. The van der Waals surface area contributed by atoms with Crippen molar-refractivity contribution in [2.24, 2.45) is 0 Å². The van der Waals surface area contributed by atoms with Gasteiger partial charge in [0.1, 0.15) is 13.2 Å². The summed E-state index contributed by atoms with van der Waals surface area (Å²) in [4.78, 5) is 31.8. The summed E-state index contributed by atoms with van der Waals surface area (Å²) in [6.07, 6.45) is 2.77. The SMILES string of the molecule is Cc1cnc(C(=O)OCC(=O)c2ccc3c(c2)OCCO3)cn1. The van der Waals surface area contributed by atoms with E-state index in [1.807, 2.05) is 0 Å². The molecule has 1 aliphatic heterocycles. The first kappa shape index (κ1) is 15.0. The molecular formula is C16H14N2O5. The Balaban J connectivity index is 1.63. The number of fused-ring (bicyclic) bond motifs is 1. The van der Waals surface area contributed by atoms with Crippen molar-refractivity contribution in [2.45, 2.75) is 6.92 Å². The van der Waals surface area contributed by atoms with Crippen LogP contribution in [0.3, 0.4) is 0 Å². The van der Waals surface area contributed by atoms with Gasteiger partial charge in [0.2, 0.25) is 0 Å². The number of aryl methyl sites for hydroxylation is 1. The van der Waals surface area contributed by atoms with Crippen LogP contribution in [0.1, 0.15) is 26.5 Å². The molecule has 118 valence electrons. The van der Waals surface area contributed by atoms with Crippen molar-refractivity contribution in [3.8, 4) is 11.5 Å². The largest absolute Gasteiger partial charge is 0.486 e. The molecule has 1 aromatic heterocycles. The van der Waals surface area contributed by atoms with Crippen molar-refractivity contribution in [1.29, 1.82) is 0 Å². The molecule has 7 nitrogen and oxygen atoms in total. The number of esters is 1. The topological polar surface area (TPSA) is 87.6 Å². The first-order chi connectivity index (χ1) is 11.1. The van der Waals surface area contributed by atoms with Gasteiger partial charge in [0.05, 0.1) is 11.9 Å². The number of hydrogen-bond donors (Lipinski definition) is 0. The van der Waals surface area contributed by atoms with Gasteiger partial charge in [0, 0.05) is 11.8 Å². The summed E-state index contributed by atoms with van der Waals surface area (Å²) in [6, 6.07) is 4.85. The summed E-state index contributed by atoms with van der Waals surface area (Å²) in [5.41, 5.74) is 1.14. The third kappa shape index (κ3) is 3.45. The van der Waals surface area contributed by atoms with Gasteiger partial charge in [-0.1, -0.05) is 0 Å². The summed E-state index contributed by atoms with van der Waals surface area (Å²) < 4.78 is 15.8. The van der Waals surface area contributed by atoms with Gasteiger partial charge >= 0.3 is 5.97 Å². The number of aromatic nitrogens is 2. The molecule has 2 heterocycles. The van der Waals surface area contributed by atoms with Crippen LogP contribution in [0.5, 0.6) is 11.5 Å². The van der Waals surface area contributed by atoms with Gasteiger partial charge in [0.15, 0.2) is 29.6 Å². The molecular weight excluding hydrogens is 300 g/mol. The molecule has 3 rings (SSSR count). The van der Waals surface area contributed by atoms with Gasteiger partial charge in [0.25, 0.3) is 0 Å². The quantitative estimate of drug-likeness (QED) is 0.625. The molecule has 0 radical (unpaired) electrons. The van der Waals surface area contributed by atoms with Crippen LogP contribution in [-0.2, 0) is 4.74 Å². The van der Waals surface area contributed by atoms with E-state index in [1.54, 1.807) is 25.1 Å². The first-order valence-electron chi connectivity index (χ1n) is 7.02. The molecule has 0 unspecified atom stereocenters. The van der Waals surface area contributed by atoms with E-state index in [0.29, 0.717) is 36.0 Å². The van der Waals surface area contributed by atoms with E-state index in [0.717, 1.165) is 0 Å². The van der Waals surface area contributed by atoms with E-state index in [-0.39, 0.29) is 18.1 Å². The smallest absolute Gasteiger partial charge is 0.358 e. The van der Waals surface area contributed by atoms with Gasteiger partial charge in [-0.2, -0.15) is 0 Å². The number of hydrogen-bond acceptors (Lipinski definition) is 7. The van der Waals surface area contributed by atoms with Crippen LogP contribution in [0.2, 0.25) is 0 Å². The number of rotatable bonds is 4. The molecule has 0 aliphatic carbocycles. The fourth-order valence-electron chi connectivity index (χ4n) is 2.00. The molecule has 0 spiro atoms. The monoisotopic (exact) mass is 314 g/mol. The molecule has 0 N–H and O–H groups in total. The lowest BCUT2D eigenvalue weighted by atomic mass is 10.1. The Morgan fingerprint density at radius 3 is 2.65 bits per heavy atom. The van der Waals surface area contributed by atoms with Crippen molar-refractivity contribution in [3.63, 3.8) is 0 Å². The summed E-state index contributed by atoms with van der Waals surface area (Å²) in [5, 5.41) is 0. The molecule has 1 aromatic carbocycles. The molecule has 23 heavy (non-hydrogen) atoms. The number of nitrogens with zero attached hydrogens (tertiary/aromatic N) is 2. The van der Waals surface area contributed by atoms with Crippen LogP contribution in [0.25, 0.3) is 0 Å². The van der Waals surface area contributed by atoms with E-state index in [2.05, 4.69) is 9.97 Å². The van der Waals surface area contributed by atoms with Crippen LogP contribution in [0, 0.1) is 6.92 Å². The lowest BCUT2D eigenvalue weighted by Crippen LogP contribution is -2.18. The minimum absolute atomic E-state index is 0.0607. The average Bonchev–Trinajstić information content (AvgIpc) is 2.59. The van der Waals surface area contributed by atoms with E-state index in [9.17, 15) is 9.59 Å². The van der Waals surface area contributed by atoms with Crippen molar-refractivity contribution < 1.29 is 23.8 Å². The molecule has 0 atom stereocenters. The second kappa shape index (κ2) is 6.43. The summed E-state index contributed by atoms with van der Waals surface area (Å²) >= 11 is 0. The Labute approximate surface area is 132 Å². The number of carbonyl (C=O) groups is 2. The van der Waals surface area contributed by atoms with Crippen molar-refractivity contribution in [1.82, 2.24) is 9.97 Å². The lowest BCUT2D eigenvalue weighted by molar-refractivity contribution is 0.0468. The predicted octanol–water partition coefficient (Wildman–Crippen LogP) is 1.60. The standard InChI is InChI=1S/C16H14N2O5/c1-10-7-18-12(8-17-10)16(20)23-9-13(19)11-2-3-14-15(6-11)22-5-4-21-14/h2-3,6-8H,4-5,9H2,1H3. The zero-order chi connectivity index (χ0) is 16.2. The number of carbonyl (C=O) groups excluding carboxylic acids is 2. The minimum Gasteiger partial charge on any atom is -0.486 e. The fraction of sp³-hybridized carbons (Fsp3) is 0.250. The van der Waals surface area contributed by atoms with Crippen molar-refractivity contribution >= 4 is 11.8 Å². The Morgan fingerprint density at radius 2 is 1.91 bits per heavy atom. The van der Waals surface area contributed by atoms with E-state index < -0.39 is 5.97 Å². The maximum absolute atomic E-state index is 12.1. The molecule has 7 heteroatoms.